The lowest BCUT2D eigenvalue weighted by molar-refractivity contribution is 0.409. The largest absolute Gasteiger partial charge is 0.496 e. The van der Waals surface area contributed by atoms with Crippen molar-refractivity contribution in [1.82, 2.24) is 19.5 Å². The zero-order valence-electron chi connectivity index (χ0n) is 17.3. The Labute approximate surface area is 169 Å². The van der Waals surface area contributed by atoms with Crippen molar-refractivity contribution >= 4 is 16.6 Å². The number of rotatable bonds is 6. The van der Waals surface area contributed by atoms with Gasteiger partial charge in [-0.1, -0.05) is 24.3 Å². The molecule has 0 aliphatic carbocycles. The van der Waals surface area contributed by atoms with E-state index in [2.05, 4.69) is 41.6 Å². The maximum Gasteiger partial charge on any atom is 0.350 e. The van der Waals surface area contributed by atoms with Gasteiger partial charge < -0.3 is 10.1 Å². The number of pyridine rings is 1. The third-order valence-electron chi connectivity index (χ3n) is 5.36. The minimum atomic E-state index is -0.120. The van der Waals surface area contributed by atoms with E-state index in [1.165, 1.54) is 10.2 Å². The SMILES string of the molecule is COc1ccccc1CCNCc1cc2c(C)cc(C)cc2n2c(=O)n(C)nc12. The Morgan fingerprint density at radius 3 is 2.69 bits per heavy atom. The van der Waals surface area contributed by atoms with Crippen molar-refractivity contribution in [2.75, 3.05) is 13.7 Å². The van der Waals surface area contributed by atoms with Gasteiger partial charge in [0.15, 0.2) is 5.65 Å². The van der Waals surface area contributed by atoms with Crippen molar-refractivity contribution in [2.24, 2.45) is 7.05 Å². The fourth-order valence-corrected chi connectivity index (χ4v) is 3.94. The highest BCUT2D eigenvalue weighted by molar-refractivity contribution is 5.87. The molecule has 1 N–H and O–H groups in total. The van der Waals surface area contributed by atoms with Gasteiger partial charge in [0.2, 0.25) is 0 Å². The van der Waals surface area contributed by atoms with E-state index in [1.54, 1.807) is 18.6 Å². The van der Waals surface area contributed by atoms with Gasteiger partial charge in [-0.15, -0.1) is 5.10 Å². The van der Waals surface area contributed by atoms with Crippen LogP contribution in [-0.4, -0.2) is 27.8 Å². The molecule has 0 saturated heterocycles. The summed E-state index contributed by atoms with van der Waals surface area (Å²) in [6.07, 6.45) is 0.862. The Morgan fingerprint density at radius 1 is 1.10 bits per heavy atom. The molecular weight excluding hydrogens is 364 g/mol. The van der Waals surface area contributed by atoms with Crippen LogP contribution in [-0.2, 0) is 20.0 Å². The van der Waals surface area contributed by atoms with Gasteiger partial charge in [-0.25, -0.2) is 13.9 Å². The van der Waals surface area contributed by atoms with Crippen LogP contribution in [0.1, 0.15) is 22.3 Å². The van der Waals surface area contributed by atoms with Crippen LogP contribution < -0.4 is 15.7 Å². The monoisotopic (exact) mass is 390 g/mol. The lowest BCUT2D eigenvalue weighted by atomic mass is 10.0. The predicted molar refractivity (Wildman–Crippen MR) is 116 cm³/mol. The second-order valence-electron chi connectivity index (χ2n) is 7.49. The van der Waals surface area contributed by atoms with E-state index < -0.39 is 0 Å². The van der Waals surface area contributed by atoms with E-state index in [9.17, 15) is 4.79 Å². The van der Waals surface area contributed by atoms with Gasteiger partial charge in [0.1, 0.15) is 5.75 Å². The van der Waals surface area contributed by atoms with Gasteiger partial charge in [0.05, 0.1) is 12.6 Å². The Kier molecular flexibility index (Phi) is 5.11. The molecule has 2 aromatic carbocycles. The number of para-hydroxylation sites is 1. The Hall–Kier alpha value is -3.12. The first-order chi connectivity index (χ1) is 14.0. The topological polar surface area (TPSA) is 60.6 Å². The number of fused-ring (bicyclic) bond motifs is 3. The molecule has 0 bridgehead atoms. The van der Waals surface area contributed by atoms with Gasteiger partial charge in [0.25, 0.3) is 0 Å². The molecule has 6 nitrogen and oxygen atoms in total. The summed E-state index contributed by atoms with van der Waals surface area (Å²) < 4.78 is 8.56. The van der Waals surface area contributed by atoms with Crippen LogP contribution in [0.2, 0.25) is 0 Å². The molecule has 2 aromatic heterocycles. The number of aryl methyl sites for hydroxylation is 3. The average molecular weight is 390 g/mol. The summed E-state index contributed by atoms with van der Waals surface area (Å²) in [4.78, 5) is 12.7. The summed E-state index contributed by atoms with van der Waals surface area (Å²) in [5, 5.41) is 9.07. The van der Waals surface area contributed by atoms with Gasteiger partial charge in [-0.3, -0.25) is 0 Å². The fourth-order valence-electron chi connectivity index (χ4n) is 3.94. The summed E-state index contributed by atoms with van der Waals surface area (Å²) in [5.41, 5.74) is 5.98. The van der Waals surface area contributed by atoms with Crippen LogP contribution in [0.3, 0.4) is 0 Å². The standard InChI is InChI=1S/C23H26N4O2/c1-15-11-16(2)19-13-18(22-25-26(3)23(28)27(22)20(19)12-15)14-24-10-9-17-7-5-6-8-21(17)29-4/h5-8,11-13,24H,9-10,14H2,1-4H3. The van der Waals surface area contributed by atoms with Crippen molar-refractivity contribution in [3.63, 3.8) is 0 Å². The Balaban J connectivity index is 1.65. The van der Waals surface area contributed by atoms with E-state index in [0.29, 0.717) is 12.2 Å². The lowest BCUT2D eigenvalue weighted by Gasteiger charge is -2.12. The van der Waals surface area contributed by atoms with Crippen LogP contribution in [0, 0.1) is 13.8 Å². The molecule has 0 fully saturated rings. The molecule has 0 aliphatic heterocycles. The van der Waals surface area contributed by atoms with Gasteiger partial charge >= 0.3 is 5.69 Å². The molecule has 0 unspecified atom stereocenters. The van der Waals surface area contributed by atoms with Crippen molar-refractivity contribution in [2.45, 2.75) is 26.8 Å². The number of aromatic nitrogens is 3. The highest BCUT2D eigenvalue weighted by Gasteiger charge is 2.14. The van der Waals surface area contributed by atoms with E-state index in [4.69, 9.17) is 4.74 Å². The summed E-state index contributed by atoms with van der Waals surface area (Å²) in [6.45, 7) is 5.57. The third-order valence-corrected chi connectivity index (χ3v) is 5.36. The normalized spacial score (nSPS) is 11.4. The minimum Gasteiger partial charge on any atom is -0.496 e. The zero-order chi connectivity index (χ0) is 20.5. The third kappa shape index (κ3) is 3.51. The smallest absolute Gasteiger partial charge is 0.350 e. The molecule has 0 saturated carbocycles. The molecule has 2 heterocycles. The van der Waals surface area contributed by atoms with E-state index in [1.807, 2.05) is 25.1 Å². The molecule has 150 valence electrons. The van der Waals surface area contributed by atoms with Crippen LogP contribution in [0.25, 0.3) is 16.6 Å². The maximum atomic E-state index is 12.7. The highest BCUT2D eigenvalue weighted by Crippen LogP contribution is 2.24. The van der Waals surface area contributed by atoms with Gasteiger partial charge in [-0.05, 0) is 61.7 Å². The first kappa shape index (κ1) is 19.2. The van der Waals surface area contributed by atoms with E-state index in [0.717, 1.165) is 46.3 Å². The molecule has 0 spiro atoms. The maximum absolute atomic E-state index is 12.7. The Bertz CT molecular complexity index is 1250. The van der Waals surface area contributed by atoms with Gasteiger partial charge in [0, 0.05) is 24.5 Å². The number of methoxy groups -OCH3 is 1. The van der Waals surface area contributed by atoms with E-state index in [-0.39, 0.29) is 5.69 Å². The highest BCUT2D eigenvalue weighted by atomic mass is 16.5. The predicted octanol–water partition coefficient (Wildman–Crippen LogP) is 3.14. The first-order valence-electron chi connectivity index (χ1n) is 9.81. The number of nitrogens with zero attached hydrogens (tertiary/aromatic N) is 3. The number of benzene rings is 2. The number of ether oxygens (including phenoxy) is 1. The van der Waals surface area contributed by atoms with Crippen molar-refractivity contribution in [1.29, 1.82) is 0 Å². The van der Waals surface area contributed by atoms with Crippen LogP contribution in [0.5, 0.6) is 5.75 Å². The molecule has 6 heteroatoms. The number of nitrogens with one attached hydrogen (secondary N) is 1. The summed E-state index contributed by atoms with van der Waals surface area (Å²) in [6, 6.07) is 14.4. The number of hydrogen-bond donors (Lipinski definition) is 1. The molecule has 0 atom stereocenters. The quantitative estimate of drug-likeness (QED) is 0.514. The molecule has 4 rings (SSSR count). The second kappa shape index (κ2) is 7.72. The summed E-state index contributed by atoms with van der Waals surface area (Å²) in [5.74, 6) is 0.907. The molecule has 29 heavy (non-hydrogen) atoms. The molecule has 4 aromatic rings. The average Bonchev–Trinajstić information content (AvgIpc) is 3.01. The van der Waals surface area contributed by atoms with Crippen molar-refractivity contribution in [3.8, 4) is 5.75 Å². The molecule has 0 aliphatic rings. The zero-order valence-corrected chi connectivity index (χ0v) is 17.3. The summed E-state index contributed by atoms with van der Waals surface area (Å²) >= 11 is 0. The molecular formula is C23H26N4O2. The number of hydrogen-bond acceptors (Lipinski definition) is 4. The van der Waals surface area contributed by atoms with Crippen LogP contribution in [0.15, 0.2) is 47.3 Å². The minimum absolute atomic E-state index is 0.120. The van der Waals surface area contributed by atoms with Crippen molar-refractivity contribution in [3.05, 3.63) is 75.2 Å². The fraction of sp³-hybridized carbons (Fsp3) is 0.304. The second-order valence-corrected chi connectivity index (χ2v) is 7.49. The first-order valence-corrected chi connectivity index (χ1v) is 9.81. The van der Waals surface area contributed by atoms with Gasteiger partial charge in [-0.2, -0.15) is 0 Å². The molecule has 0 radical (unpaired) electrons. The molecule has 0 amide bonds. The van der Waals surface area contributed by atoms with Crippen molar-refractivity contribution < 1.29 is 4.74 Å². The Morgan fingerprint density at radius 2 is 1.90 bits per heavy atom. The van der Waals surface area contributed by atoms with Crippen LogP contribution >= 0.6 is 0 Å². The summed E-state index contributed by atoms with van der Waals surface area (Å²) in [7, 11) is 3.39. The van der Waals surface area contributed by atoms with E-state index >= 15 is 0 Å². The van der Waals surface area contributed by atoms with Crippen LogP contribution in [0.4, 0.5) is 0 Å². The lowest BCUT2D eigenvalue weighted by Crippen LogP contribution is -2.20.